The third-order valence-corrected chi connectivity index (χ3v) is 5.29. The first-order chi connectivity index (χ1) is 13.3. The number of hydrogen-bond donors (Lipinski definition) is 1. The van der Waals surface area contributed by atoms with Crippen LogP contribution in [0.1, 0.15) is 42.6 Å². The SMILES string of the molecule is CON([O-])C1(NC(=O)c2cnc(N3CC(F)(F)C3)c(OCC3CC3)n2)CCC1. The smallest absolute Gasteiger partial charge is 0.282 e. The number of halogens is 2. The lowest BCUT2D eigenvalue weighted by Crippen LogP contribution is -2.62. The lowest BCUT2D eigenvalue weighted by atomic mass is 9.85. The maximum Gasteiger partial charge on any atom is 0.282 e. The number of carbonyl (C=O) groups is 1. The number of nitrogens with zero attached hydrogens (tertiary/aromatic N) is 4. The van der Waals surface area contributed by atoms with E-state index in [0.717, 1.165) is 19.3 Å². The van der Waals surface area contributed by atoms with Gasteiger partial charge in [-0.3, -0.25) is 4.79 Å². The molecule has 0 unspecified atom stereocenters. The third-order valence-electron chi connectivity index (χ3n) is 5.29. The fourth-order valence-corrected chi connectivity index (χ4v) is 3.25. The molecule has 2 heterocycles. The van der Waals surface area contributed by atoms with Crippen LogP contribution >= 0.6 is 0 Å². The molecule has 2 saturated carbocycles. The molecule has 4 rings (SSSR count). The number of alkyl halides is 2. The summed E-state index contributed by atoms with van der Waals surface area (Å²) >= 11 is 0. The average Bonchev–Trinajstić information content (AvgIpc) is 3.44. The third kappa shape index (κ3) is 3.74. The molecule has 154 valence electrons. The summed E-state index contributed by atoms with van der Waals surface area (Å²) in [5.74, 6) is -2.69. The Bertz CT molecular complexity index is 749. The highest BCUT2D eigenvalue weighted by molar-refractivity contribution is 5.93. The summed E-state index contributed by atoms with van der Waals surface area (Å²) < 4.78 is 32.2. The second-order valence-corrected chi connectivity index (χ2v) is 7.63. The van der Waals surface area contributed by atoms with Crippen molar-refractivity contribution in [3.63, 3.8) is 0 Å². The van der Waals surface area contributed by atoms with Crippen LogP contribution in [0.15, 0.2) is 6.20 Å². The van der Waals surface area contributed by atoms with Gasteiger partial charge in [0.25, 0.3) is 17.7 Å². The van der Waals surface area contributed by atoms with Crippen LogP contribution in [0.4, 0.5) is 14.6 Å². The van der Waals surface area contributed by atoms with E-state index in [-0.39, 0.29) is 17.4 Å². The van der Waals surface area contributed by atoms with Gasteiger partial charge in [0.05, 0.1) is 33.0 Å². The minimum Gasteiger partial charge on any atom is -0.760 e. The largest absolute Gasteiger partial charge is 0.760 e. The van der Waals surface area contributed by atoms with Gasteiger partial charge in [0, 0.05) is 0 Å². The van der Waals surface area contributed by atoms with Gasteiger partial charge in [-0.05, 0) is 38.0 Å². The van der Waals surface area contributed by atoms with Crippen LogP contribution in [0.3, 0.4) is 0 Å². The van der Waals surface area contributed by atoms with Crippen molar-refractivity contribution in [2.24, 2.45) is 5.92 Å². The Morgan fingerprint density at radius 1 is 1.43 bits per heavy atom. The second-order valence-electron chi connectivity index (χ2n) is 7.63. The quantitative estimate of drug-likeness (QED) is 0.521. The fraction of sp³-hybridized carbons (Fsp3) is 0.706. The molecule has 0 atom stereocenters. The van der Waals surface area contributed by atoms with Gasteiger partial charge in [-0.25, -0.2) is 24.0 Å². The van der Waals surface area contributed by atoms with Gasteiger partial charge >= 0.3 is 0 Å². The van der Waals surface area contributed by atoms with E-state index in [1.807, 2.05) is 0 Å². The Labute approximate surface area is 160 Å². The molecule has 0 bridgehead atoms. The first kappa shape index (κ1) is 19.2. The zero-order valence-corrected chi connectivity index (χ0v) is 15.5. The maximum atomic E-state index is 13.2. The van der Waals surface area contributed by atoms with E-state index in [2.05, 4.69) is 15.3 Å². The van der Waals surface area contributed by atoms with Gasteiger partial charge < -0.3 is 25.0 Å². The highest BCUT2D eigenvalue weighted by Crippen LogP contribution is 2.37. The van der Waals surface area contributed by atoms with E-state index in [1.54, 1.807) is 0 Å². The molecule has 1 amide bonds. The number of rotatable bonds is 8. The van der Waals surface area contributed by atoms with Crippen LogP contribution in [0, 0.1) is 11.1 Å². The van der Waals surface area contributed by atoms with E-state index >= 15 is 0 Å². The summed E-state index contributed by atoms with van der Waals surface area (Å²) in [5.41, 5.74) is -1.17. The Balaban J connectivity index is 1.51. The number of amides is 1. The van der Waals surface area contributed by atoms with E-state index in [0.29, 0.717) is 30.6 Å². The molecule has 2 aliphatic carbocycles. The second kappa shape index (κ2) is 7.05. The van der Waals surface area contributed by atoms with Crippen molar-refractivity contribution in [1.82, 2.24) is 20.5 Å². The molecule has 1 aromatic rings. The van der Waals surface area contributed by atoms with Crippen LogP contribution in [0.25, 0.3) is 0 Å². The Kier molecular flexibility index (Phi) is 4.84. The van der Waals surface area contributed by atoms with Crippen LogP contribution in [-0.4, -0.2) is 59.5 Å². The molecule has 0 aromatic carbocycles. The standard InChI is InChI=1S/C17H22F2N5O4/c1-27-24(26)17(5-2-6-17)22-14(25)12-7-20-13(23-9-16(18,19)10-23)15(21-12)28-8-11-3-4-11/h7,11H,2-6,8-10H2,1H3,(H,22,25)/q-1. The maximum absolute atomic E-state index is 13.2. The van der Waals surface area contributed by atoms with Crippen molar-refractivity contribution < 1.29 is 23.1 Å². The monoisotopic (exact) mass is 398 g/mol. The predicted molar refractivity (Wildman–Crippen MR) is 93.7 cm³/mol. The normalized spacial score (nSPS) is 22.4. The molecule has 11 heteroatoms. The molecule has 3 aliphatic rings. The number of aromatic nitrogens is 2. The Hall–Kier alpha value is -2.11. The van der Waals surface area contributed by atoms with Crippen molar-refractivity contribution in [3.8, 4) is 5.88 Å². The lowest BCUT2D eigenvalue weighted by Gasteiger charge is -2.52. The number of nitrogens with one attached hydrogen (secondary N) is 1. The van der Waals surface area contributed by atoms with Crippen LogP contribution in [-0.2, 0) is 4.84 Å². The van der Waals surface area contributed by atoms with E-state index < -0.39 is 30.6 Å². The molecular weight excluding hydrogens is 376 g/mol. The van der Waals surface area contributed by atoms with Gasteiger partial charge in [0.2, 0.25) is 0 Å². The first-order valence-corrected chi connectivity index (χ1v) is 9.28. The van der Waals surface area contributed by atoms with Gasteiger partial charge in [-0.2, -0.15) is 0 Å². The topological polar surface area (TPSA) is 103 Å². The molecule has 0 spiro atoms. The molecular formula is C17H22F2N5O4-. The molecule has 1 aromatic heterocycles. The van der Waals surface area contributed by atoms with Gasteiger partial charge in [0.15, 0.2) is 11.5 Å². The van der Waals surface area contributed by atoms with Crippen molar-refractivity contribution in [2.75, 3.05) is 31.7 Å². The summed E-state index contributed by atoms with van der Waals surface area (Å²) in [4.78, 5) is 27.0. The zero-order valence-electron chi connectivity index (χ0n) is 15.5. The van der Waals surface area contributed by atoms with Crippen molar-refractivity contribution >= 4 is 11.7 Å². The summed E-state index contributed by atoms with van der Waals surface area (Å²) in [5, 5.41) is 15.0. The van der Waals surface area contributed by atoms with Crippen molar-refractivity contribution in [3.05, 3.63) is 17.1 Å². The van der Waals surface area contributed by atoms with Crippen LogP contribution in [0.5, 0.6) is 5.88 Å². The minimum absolute atomic E-state index is 0.0439. The van der Waals surface area contributed by atoms with Gasteiger partial charge in [-0.1, -0.05) is 0 Å². The van der Waals surface area contributed by atoms with Crippen molar-refractivity contribution in [1.29, 1.82) is 0 Å². The Morgan fingerprint density at radius 3 is 2.68 bits per heavy atom. The van der Waals surface area contributed by atoms with Crippen LogP contribution < -0.4 is 15.0 Å². The number of hydrogen-bond acceptors (Lipinski definition) is 8. The minimum atomic E-state index is -2.76. The van der Waals surface area contributed by atoms with Crippen LogP contribution in [0.2, 0.25) is 0 Å². The molecule has 1 N–H and O–H groups in total. The molecule has 1 saturated heterocycles. The molecule has 3 fully saturated rings. The van der Waals surface area contributed by atoms with E-state index in [1.165, 1.54) is 18.2 Å². The van der Waals surface area contributed by atoms with Gasteiger partial charge in [0.1, 0.15) is 5.66 Å². The van der Waals surface area contributed by atoms with E-state index in [9.17, 15) is 18.8 Å². The number of anilines is 1. The predicted octanol–water partition coefficient (Wildman–Crippen LogP) is 1.69. The fourth-order valence-electron chi connectivity index (χ4n) is 3.25. The Morgan fingerprint density at radius 2 is 2.14 bits per heavy atom. The molecule has 0 radical (unpaired) electrons. The zero-order chi connectivity index (χ0) is 19.9. The molecule has 28 heavy (non-hydrogen) atoms. The first-order valence-electron chi connectivity index (χ1n) is 9.28. The summed E-state index contributed by atoms with van der Waals surface area (Å²) in [6.45, 7) is -0.525. The summed E-state index contributed by atoms with van der Waals surface area (Å²) in [6, 6.07) is 0. The van der Waals surface area contributed by atoms with E-state index in [4.69, 9.17) is 9.57 Å². The summed E-state index contributed by atoms with van der Waals surface area (Å²) in [7, 11) is 1.24. The average molecular weight is 398 g/mol. The number of hydroxylamine groups is 2. The lowest BCUT2D eigenvalue weighted by molar-refractivity contribution is -0.197. The van der Waals surface area contributed by atoms with Crippen molar-refractivity contribution in [2.45, 2.75) is 43.7 Å². The highest BCUT2D eigenvalue weighted by atomic mass is 19.3. The molecule has 1 aliphatic heterocycles. The summed E-state index contributed by atoms with van der Waals surface area (Å²) in [6.07, 6.45) is 4.99. The van der Waals surface area contributed by atoms with Gasteiger partial charge in [-0.15, -0.1) is 0 Å². The molecule has 9 nitrogen and oxygen atoms in total. The number of ether oxygens (including phenoxy) is 1. The number of carbonyl (C=O) groups excluding carboxylic acids is 1. The highest BCUT2D eigenvalue weighted by Gasteiger charge is 2.46.